The normalized spacial score (nSPS) is 10.6. The SMILES string of the molecule is Cc1c([N+](=O)[O-])cnc(NCCc2nncn2C)c1Br. The van der Waals surface area contributed by atoms with Crippen molar-refractivity contribution in [1.29, 1.82) is 0 Å². The summed E-state index contributed by atoms with van der Waals surface area (Å²) >= 11 is 3.33. The van der Waals surface area contributed by atoms with Crippen LogP contribution in [0.3, 0.4) is 0 Å². The van der Waals surface area contributed by atoms with Crippen molar-refractivity contribution in [3.8, 4) is 0 Å². The molecule has 0 aromatic carbocycles. The number of aromatic nitrogens is 4. The Kier molecular flexibility index (Phi) is 4.28. The van der Waals surface area contributed by atoms with Crippen molar-refractivity contribution in [3.63, 3.8) is 0 Å². The van der Waals surface area contributed by atoms with E-state index in [9.17, 15) is 10.1 Å². The zero-order valence-electron chi connectivity index (χ0n) is 11.0. The third kappa shape index (κ3) is 2.93. The summed E-state index contributed by atoms with van der Waals surface area (Å²) < 4.78 is 2.44. The lowest BCUT2D eigenvalue weighted by Gasteiger charge is -2.09. The fourth-order valence-corrected chi connectivity index (χ4v) is 2.15. The molecule has 1 N–H and O–H groups in total. The number of aryl methyl sites for hydroxylation is 1. The van der Waals surface area contributed by atoms with Gasteiger partial charge in [0.2, 0.25) is 0 Å². The van der Waals surface area contributed by atoms with Crippen LogP contribution in [-0.4, -0.2) is 31.2 Å². The summed E-state index contributed by atoms with van der Waals surface area (Å²) in [4.78, 5) is 14.4. The van der Waals surface area contributed by atoms with Gasteiger partial charge in [-0.3, -0.25) is 10.1 Å². The number of hydrogen-bond donors (Lipinski definition) is 1. The van der Waals surface area contributed by atoms with E-state index in [0.717, 1.165) is 5.82 Å². The Labute approximate surface area is 123 Å². The van der Waals surface area contributed by atoms with E-state index in [1.807, 2.05) is 11.6 Å². The first-order valence-electron chi connectivity index (χ1n) is 5.87. The van der Waals surface area contributed by atoms with Crippen LogP contribution in [0.1, 0.15) is 11.4 Å². The van der Waals surface area contributed by atoms with Crippen LogP contribution in [0.15, 0.2) is 17.0 Å². The van der Waals surface area contributed by atoms with Crippen molar-refractivity contribution in [2.24, 2.45) is 7.05 Å². The number of nitrogens with zero attached hydrogens (tertiary/aromatic N) is 5. The number of pyridine rings is 1. The molecule has 0 radical (unpaired) electrons. The Morgan fingerprint density at radius 3 is 2.90 bits per heavy atom. The lowest BCUT2D eigenvalue weighted by molar-refractivity contribution is -0.385. The molecule has 2 rings (SSSR count). The Morgan fingerprint density at radius 1 is 1.55 bits per heavy atom. The van der Waals surface area contributed by atoms with Gasteiger partial charge in [-0.25, -0.2) is 4.98 Å². The molecule has 0 unspecified atom stereocenters. The number of rotatable bonds is 5. The molecule has 2 heterocycles. The van der Waals surface area contributed by atoms with Crippen molar-refractivity contribution < 1.29 is 4.92 Å². The molecule has 106 valence electrons. The van der Waals surface area contributed by atoms with Crippen LogP contribution in [0.2, 0.25) is 0 Å². The fourth-order valence-electron chi connectivity index (χ4n) is 1.70. The van der Waals surface area contributed by atoms with Crippen LogP contribution in [0.5, 0.6) is 0 Å². The van der Waals surface area contributed by atoms with E-state index in [-0.39, 0.29) is 5.69 Å². The molecule has 0 fully saturated rings. The van der Waals surface area contributed by atoms with Gasteiger partial charge in [-0.1, -0.05) is 0 Å². The number of anilines is 1. The number of halogens is 1. The lowest BCUT2D eigenvalue weighted by Crippen LogP contribution is -2.10. The van der Waals surface area contributed by atoms with Gasteiger partial charge in [0.15, 0.2) is 0 Å². The predicted molar refractivity (Wildman–Crippen MR) is 76.5 cm³/mol. The maximum absolute atomic E-state index is 10.8. The van der Waals surface area contributed by atoms with Gasteiger partial charge in [-0.2, -0.15) is 0 Å². The van der Waals surface area contributed by atoms with Crippen molar-refractivity contribution in [2.75, 3.05) is 11.9 Å². The first-order valence-corrected chi connectivity index (χ1v) is 6.66. The van der Waals surface area contributed by atoms with Crippen LogP contribution in [-0.2, 0) is 13.5 Å². The standard InChI is InChI=1S/C11H13BrN6O2/c1-7-8(18(19)20)5-14-11(10(7)12)13-4-3-9-16-15-6-17(9)2/h5-6H,3-4H2,1-2H3,(H,13,14). The Hall–Kier alpha value is -2.03. The molecule has 0 aliphatic heterocycles. The summed E-state index contributed by atoms with van der Waals surface area (Å²) in [5.41, 5.74) is 0.543. The molecule has 0 aliphatic rings. The third-order valence-electron chi connectivity index (χ3n) is 2.88. The average Bonchev–Trinajstić information content (AvgIpc) is 2.80. The maximum Gasteiger partial charge on any atom is 0.291 e. The number of nitro groups is 1. The summed E-state index contributed by atoms with van der Waals surface area (Å²) in [5, 5.41) is 21.7. The molecule has 0 aliphatic carbocycles. The first-order chi connectivity index (χ1) is 9.50. The molecule has 0 spiro atoms. The third-order valence-corrected chi connectivity index (χ3v) is 3.85. The monoisotopic (exact) mass is 340 g/mol. The van der Waals surface area contributed by atoms with Crippen molar-refractivity contribution in [3.05, 3.63) is 38.5 Å². The zero-order chi connectivity index (χ0) is 14.7. The molecular weight excluding hydrogens is 328 g/mol. The Balaban J connectivity index is 2.05. The summed E-state index contributed by atoms with van der Waals surface area (Å²) in [5.74, 6) is 1.43. The molecule has 20 heavy (non-hydrogen) atoms. The highest BCUT2D eigenvalue weighted by Gasteiger charge is 2.16. The van der Waals surface area contributed by atoms with E-state index in [4.69, 9.17) is 0 Å². The fraction of sp³-hybridized carbons (Fsp3) is 0.364. The van der Waals surface area contributed by atoms with E-state index < -0.39 is 4.92 Å². The number of nitrogens with one attached hydrogen (secondary N) is 1. The zero-order valence-corrected chi connectivity index (χ0v) is 12.6. The minimum absolute atomic E-state index is 0.00396. The summed E-state index contributed by atoms with van der Waals surface area (Å²) in [6.07, 6.45) is 3.57. The topological polar surface area (TPSA) is 98.8 Å². The highest BCUT2D eigenvalue weighted by molar-refractivity contribution is 9.10. The highest BCUT2D eigenvalue weighted by Crippen LogP contribution is 2.30. The summed E-state index contributed by atoms with van der Waals surface area (Å²) in [7, 11) is 1.87. The second kappa shape index (κ2) is 5.95. The minimum Gasteiger partial charge on any atom is -0.369 e. The summed E-state index contributed by atoms with van der Waals surface area (Å²) in [6.45, 7) is 2.28. The molecule has 8 nitrogen and oxygen atoms in total. The van der Waals surface area contributed by atoms with E-state index in [2.05, 4.69) is 36.4 Å². The highest BCUT2D eigenvalue weighted by atomic mass is 79.9. The van der Waals surface area contributed by atoms with Gasteiger partial charge >= 0.3 is 0 Å². The van der Waals surface area contributed by atoms with Gasteiger partial charge in [0.25, 0.3) is 5.69 Å². The van der Waals surface area contributed by atoms with Gasteiger partial charge < -0.3 is 9.88 Å². The second-order valence-electron chi connectivity index (χ2n) is 4.22. The largest absolute Gasteiger partial charge is 0.369 e. The molecule has 0 atom stereocenters. The Morgan fingerprint density at radius 2 is 2.30 bits per heavy atom. The lowest BCUT2D eigenvalue weighted by atomic mass is 10.2. The van der Waals surface area contributed by atoms with Gasteiger partial charge in [-0.05, 0) is 22.9 Å². The number of hydrogen-bond acceptors (Lipinski definition) is 6. The second-order valence-corrected chi connectivity index (χ2v) is 5.02. The van der Waals surface area contributed by atoms with Crippen LogP contribution in [0.25, 0.3) is 0 Å². The first kappa shape index (κ1) is 14.4. The van der Waals surface area contributed by atoms with E-state index >= 15 is 0 Å². The predicted octanol–water partition coefficient (Wildman–Crippen LogP) is 1.84. The van der Waals surface area contributed by atoms with E-state index in [1.54, 1.807) is 13.3 Å². The van der Waals surface area contributed by atoms with Crippen LogP contribution < -0.4 is 5.32 Å². The molecule has 0 saturated carbocycles. The molecule has 0 bridgehead atoms. The van der Waals surface area contributed by atoms with E-state index in [1.165, 1.54) is 6.20 Å². The van der Waals surface area contributed by atoms with Crippen LogP contribution >= 0.6 is 15.9 Å². The van der Waals surface area contributed by atoms with Crippen molar-refractivity contribution in [2.45, 2.75) is 13.3 Å². The quantitative estimate of drug-likeness (QED) is 0.658. The van der Waals surface area contributed by atoms with Crippen molar-refractivity contribution >= 4 is 27.4 Å². The molecule has 2 aromatic rings. The Bertz CT molecular complexity index is 642. The minimum atomic E-state index is -0.448. The maximum atomic E-state index is 10.8. The van der Waals surface area contributed by atoms with E-state index in [0.29, 0.717) is 28.8 Å². The van der Waals surface area contributed by atoms with Crippen LogP contribution in [0.4, 0.5) is 11.5 Å². The average molecular weight is 341 g/mol. The molecule has 0 amide bonds. The van der Waals surface area contributed by atoms with Gasteiger partial charge in [0.1, 0.15) is 24.2 Å². The molecule has 9 heteroatoms. The molecular formula is C11H13BrN6O2. The van der Waals surface area contributed by atoms with Gasteiger partial charge in [-0.15, -0.1) is 10.2 Å². The smallest absolute Gasteiger partial charge is 0.291 e. The molecule has 2 aromatic heterocycles. The molecule has 0 saturated heterocycles. The summed E-state index contributed by atoms with van der Waals surface area (Å²) in [6, 6.07) is 0. The van der Waals surface area contributed by atoms with Gasteiger partial charge in [0.05, 0.1) is 9.40 Å². The van der Waals surface area contributed by atoms with Gasteiger partial charge in [0, 0.05) is 25.6 Å². The van der Waals surface area contributed by atoms with Crippen molar-refractivity contribution in [1.82, 2.24) is 19.7 Å². The van der Waals surface area contributed by atoms with Crippen LogP contribution in [0, 0.1) is 17.0 Å².